The highest BCUT2D eigenvalue weighted by Crippen LogP contribution is 2.30. The van der Waals surface area contributed by atoms with Crippen LogP contribution in [0.4, 0.5) is 5.82 Å². The lowest BCUT2D eigenvalue weighted by atomic mass is 10.1. The molecule has 0 radical (unpaired) electrons. The number of carbonyl (C=O) groups is 1. The number of hydrogen-bond donors (Lipinski definition) is 2. The Bertz CT molecular complexity index is 1300. The molecule has 5 rings (SSSR count). The van der Waals surface area contributed by atoms with Crippen molar-refractivity contribution in [1.29, 1.82) is 0 Å². The van der Waals surface area contributed by atoms with Crippen molar-refractivity contribution >= 4 is 70.7 Å². The Hall–Kier alpha value is -2.50. The highest BCUT2D eigenvalue weighted by Gasteiger charge is 2.16. The van der Waals surface area contributed by atoms with Crippen LogP contribution in [0.3, 0.4) is 0 Å². The van der Waals surface area contributed by atoms with Gasteiger partial charge in [-0.2, -0.15) is 0 Å². The zero-order valence-corrected chi connectivity index (χ0v) is 21.4. The lowest BCUT2D eigenvalue weighted by Crippen LogP contribution is -2.21. The van der Waals surface area contributed by atoms with E-state index in [1.165, 1.54) is 11.8 Å². The van der Waals surface area contributed by atoms with Crippen LogP contribution in [0.2, 0.25) is 0 Å². The van der Waals surface area contributed by atoms with Gasteiger partial charge in [0.1, 0.15) is 11.3 Å². The van der Waals surface area contributed by atoms with E-state index in [1.54, 1.807) is 30.7 Å². The van der Waals surface area contributed by atoms with Crippen LogP contribution in [-0.4, -0.2) is 45.3 Å². The summed E-state index contributed by atoms with van der Waals surface area (Å²) in [5.74, 6) is 1.65. The molecular formula is C22H22Cl2N6O2S2. The van der Waals surface area contributed by atoms with Gasteiger partial charge < -0.3 is 15.4 Å². The molecule has 5 heterocycles. The van der Waals surface area contributed by atoms with E-state index in [1.807, 2.05) is 24.3 Å². The zero-order valence-electron chi connectivity index (χ0n) is 18.1. The fraction of sp³-hybridized carbons (Fsp3) is 0.227. The van der Waals surface area contributed by atoms with Gasteiger partial charge in [0.05, 0.1) is 39.7 Å². The van der Waals surface area contributed by atoms with E-state index in [9.17, 15) is 4.79 Å². The van der Waals surface area contributed by atoms with Gasteiger partial charge >= 0.3 is 0 Å². The number of thiazole rings is 1. The van der Waals surface area contributed by atoms with Crippen LogP contribution in [0.1, 0.15) is 10.7 Å². The van der Waals surface area contributed by atoms with Crippen LogP contribution in [0.15, 0.2) is 46.8 Å². The summed E-state index contributed by atoms with van der Waals surface area (Å²) in [5, 5.41) is 9.33. The summed E-state index contributed by atoms with van der Waals surface area (Å²) in [4.78, 5) is 30.9. The molecule has 2 N–H and O–H groups in total. The van der Waals surface area contributed by atoms with Crippen LogP contribution in [0.5, 0.6) is 5.88 Å². The summed E-state index contributed by atoms with van der Waals surface area (Å²) in [7, 11) is 1.60. The van der Waals surface area contributed by atoms with Gasteiger partial charge in [0.25, 0.3) is 0 Å². The molecule has 0 unspecified atom stereocenters. The van der Waals surface area contributed by atoms with E-state index >= 15 is 0 Å². The second kappa shape index (κ2) is 11.8. The number of carbonyl (C=O) groups excluding carboxylic acids is 1. The Balaban J connectivity index is 0.00000162. The lowest BCUT2D eigenvalue weighted by molar-refractivity contribution is -0.113. The summed E-state index contributed by atoms with van der Waals surface area (Å²) < 4.78 is 5.26. The lowest BCUT2D eigenvalue weighted by Gasteiger charge is -2.15. The van der Waals surface area contributed by atoms with Crippen LogP contribution in [0.25, 0.3) is 22.3 Å². The largest absolute Gasteiger partial charge is 0.481 e. The number of nitrogens with one attached hydrogen (secondary N) is 2. The molecule has 1 aliphatic heterocycles. The minimum absolute atomic E-state index is 0. The summed E-state index contributed by atoms with van der Waals surface area (Å²) in [5.41, 5.74) is 4.33. The van der Waals surface area contributed by atoms with Gasteiger partial charge in [-0.3, -0.25) is 9.78 Å². The molecule has 1 aliphatic rings. The molecule has 0 aromatic carbocycles. The van der Waals surface area contributed by atoms with Crippen molar-refractivity contribution in [3.63, 3.8) is 0 Å². The monoisotopic (exact) mass is 536 g/mol. The molecule has 178 valence electrons. The Labute approximate surface area is 217 Å². The van der Waals surface area contributed by atoms with Crippen LogP contribution in [-0.2, 0) is 17.8 Å². The first kappa shape index (κ1) is 26.1. The van der Waals surface area contributed by atoms with Crippen molar-refractivity contribution in [2.24, 2.45) is 0 Å². The Morgan fingerprint density at radius 2 is 2.00 bits per heavy atom. The van der Waals surface area contributed by atoms with E-state index < -0.39 is 0 Å². The van der Waals surface area contributed by atoms with Gasteiger partial charge in [0.2, 0.25) is 11.8 Å². The van der Waals surface area contributed by atoms with Gasteiger partial charge in [-0.1, -0.05) is 0 Å². The van der Waals surface area contributed by atoms with Crippen molar-refractivity contribution in [3.05, 3.63) is 52.6 Å². The predicted molar refractivity (Wildman–Crippen MR) is 141 cm³/mol. The first-order chi connectivity index (χ1) is 15.7. The van der Waals surface area contributed by atoms with Crippen molar-refractivity contribution in [3.8, 4) is 17.1 Å². The number of pyridine rings is 3. The van der Waals surface area contributed by atoms with Crippen molar-refractivity contribution in [1.82, 2.24) is 25.3 Å². The minimum Gasteiger partial charge on any atom is -0.481 e. The van der Waals surface area contributed by atoms with Crippen molar-refractivity contribution < 1.29 is 9.53 Å². The standard InChI is InChI=1S/C22H20N6O2S2.2ClH/c1-30-19-5-3-15-21(28-19)14(6-9-24-15)16-11-32-20(26-16)7-8-23-10-13-2-4-17-22(25-13)27-18(29)12-31-17;;/h2-6,9,11,23H,7-8,10,12H2,1H3,(H,25,27,29);2*1H. The van der Waals surface area contributed by atoms with Crippen molar-refractivity contribution in [2.45, 2.75) is 17.9 Å². The smallest absolute Gasteiger partial charge is 0.235 e. The maximum atomic E-state index is 11.6. The molecule has 0 bridgehead atoms. The number of anilines is 1. The molecule has 0 fully saturated rings. The summed E-state index contributed by atoms with van der Waals surface area (Å²) in [6.45, 7) is 1.40. The minimum atomic E-state index is -0.00435. The second-order valence-electron chi connectivity index (χ2n) is 7.12. The number of aromatic nitrogens is 4. The van der Waals surface area contributed by atoms with Crippen LogP contribution < -0.4 is 15.4 Å². The number of halogens is 2. The Morgan fingerprint density at radius 1 is 1.12 bits per heavy atom. The molecule has 0 atom stereocenters. The summed E-state index contributed by atoms with van der Waals surface area (Å²) in [6, 6.07) is 9.65. The van der Waals surface area contributed by atoms with Gasteiger partial charge in [0, 0.05) is 42.7 Å². The van der Waals surface area contributed by atoms with Crippen LogP contribution in [0, 0.1) is 0 Å². The molecular weight excluding hydrogens is 515 g/mol. The van der Waals surface area contributed by atoms with E-state index in [0.717, 1.165) is 50.9 Å². The maximum absolute atomic E-state index is 11.6. The molecule has 0 saturated carbocycles. The second-order valence-corrected chi connectivity index (χ2v) is 9.08. The van der Waals surface area contributed by atoms with E-state index in [-0.39, 0.29) is 30.7 Å². The molecule has 0 aliphatic carbocycles. The quantitative estimate of drug-likeness (QED) is 0.335. The van der Waals surface area contributed by atoms with E-state index in [4.69, 9.17) is 9.72 Å². The molecule has 8 nitrogen and oxygen atoms in total. The van der Waals surface area contributed by atoms with Gasteiger partial charge in [0.15, 0.2) is 0 Å². The molecule has 34 heavy (non-hydrogen) atoms. The topological polar surface area (TPSA) is 102 Å². The number of ether oxygens (including phenoxy) is 1. The molecule has 0 saturated heterocycles. The molecule has 4 aromatic rings. The maximum Gasteiger partial charge on any atom is 0.235 e. The fourth-order valence-corrected chi connectivity index (χ4v) is 4.95. The van der Waals surface area contributed by atoms with Crippen LogP contribution >= 0.6 is 47.9 Å². The molecule has 4 aromatic heterocycles. The number of amides is 1. The van der Waals surface area contributed by atoms with Gasteiger partial charge in [-0.05, 0) is 24.3 Å². The highest BCUT2D eigenvalue weighted by atomic mass is 35.5. The average Bonchev–Trinajstić information content (AvgIpc) is 3.29. The first-order valence-electron chi connectivity index (χ1n) is 10.1. The Kier molecular flexibility index (Phi) is 9.03. The normalized spacial score (nSPS) is 12.3. The molecule has 0 spiro atoms. The fourth-order valence-electron chi connectivity index (χ4n) is 3.39. The number of hydrogen-bond acceptors (Lipinski definition) is 9. The molecule has 1 amide bonds. The van der Waals surface area contributed by atoms with Gasteiger partial charge in [-0.25, -0.2) is 15.0 Å². The molecule has 12 heteroatoms. The average molecular weight is 537 g/mol. The number of rotatable bonds is 7. The zero-order chi connectivity index (χ0) is 21.9. The third-order valence-electron chi connectivity index (χ3n) is 4.95. The van der Waals surface area contributed by atoms with Gasteiger partial charge in [-0.15, -0.1) is 47.9 Å². The van der Waals surface area contributed by atoms with E-state index in [2.05, 4.69) is 31.0 Å². The SMILES string of the molecule is COc1ccc2nccc(-c3csc(CCNCc4ccc5c(n4)NC(=O)CS5)n3)c2n1.Cl.Cl. The third kappa shape index (κ3) is 5.76. The summed E-state index contributed by atoms with van der Waals surface area (Å²) >= 11 is 3.15. The number of thioether (sulfide) groups is 1. The highest BCUT2D eigenvalue weighted by molar-refractivity contribution is 8.00. The number of methoxy groups -OCH3 is 1. The Morgan fingerprint density at radius 3 is 2.85 bits per heavy atom. The van der Waals surface area contributed by atoms with E-state index in [0.29, 0.717) is 24.0 Å². The summed E-state index contributed by atoms with van der Waals surface area (Å²) in [6.07, 6.45) is 2.58. The number of nitrogens with zero attached hydrogens (tertiary/aromatic N) is 4. The third-order valence-corrected chi connectivity index (χ3v) is 6.90. The first-order valence-corrected chi connectivity index (χ1v) is 11.9. The number of fused-ring (bicyclic) bond motifs is 2. The van der Waals surface area contributed by atoms with Crippen molar-refractivity contribution in [2.75, 3.05) is 24.7 Å². The predicted octanol–water partition coefficient (Wildman–Crippen LogP) is 4.38.